The number of phenols is 2. The van der Waals surface area contributed by atoms with Crippen molar-refractivity contribution < 1.29 is 112 Å². The molecule has 3 aromatic carbocycles. The van der Waals surface area contributed by atoms with Gasteiger partial charge in [0, 0.05) is 12.2 Å². The van der Waals surface area contributed by atoms with Gasteiger partial charge < -0.3 is 73.3 Å². The number of aliphatic hydroxyl groups excluding tert-OH is 4. The summed E-state index contributed by atoms with van der Waals surface area (Å²) in [6, 6.07) is 12.6. The third-order valence-corrected chi connectivity index (χ3v) is 7.88. The number of Topliss-reactive ketones (excluding diaryl/α,β-unsaturated/α-hetero) is 4. The summed E-state index contributed by atoms with van der Waals surface area (Å²) >= 11 is 0. The van der Waals surface area contributed by atoms with E-state index in [2.05, 4.69) is 18.9 Å². The largest absolute Gasteiger partial charge is 0.502 e. The number of phenolic OH excluding ortho intramolecular Hbond substituents is 2. The van der Waals surface area contributed by atoms with Crippen LogP contribution in [0.1, 0.15) is 16.7 Å². The average Bonchev–Trinajstić information content (AvgIpc) is 3.36. The minimum Gasteiger partial charge on any atom is -0.502 e. The second kappa shape index (κ2) is 31.7. The summed E-state index contributed by atoms with van der Waals surface area (Å²) in [6.07, 6.45) is 6.30. The zero-order valence-electron chi connectivity index (χ0n) is 37.3. The van der Waals surface area contributed by atoms with Crippen LogP contribution in [0.2, 0.25) is 0 Å². The van der Waals surface area contributed by atoms with Crippen molar-refractivity contribution in [1.29, 1.82) is 0 Å². The number of aliphatic hydroxyl groups is 4. The molecule has 23 heteroatoms. The molecule has 3 aromatic rings. The monoisotopic (exact) mass is 958 g/mol. The van der Waals surface area contributed by atoms with Crippen LogP contribution in [-0.2, 0) is 57.3 Å². The lowest BCUT2D eigenvalue weighted by molar-refractivity contribution is -0.152. The van der Waals surface area contributed by atoms with E-state index in [1.165, 1.54) is 64.9 Å². The fourth-order valence-electron chi connectivity index (χ4n) is 4.45. The van der Waals surface area contributed by atoms with Gasteiger partial charge in [0.15, 0.2) is 72.6 Å². The molecule has 0 saturated carbocycles. The minimum absolute atomic E-state index is 0.0254. The predicted molar refractivity (Wildman–Crippen MR) is 234 cm³/mol. The quantitative estimate of drug-likeness (QED) is 0.0232. The first-order valence-corrected chi connectivity index (χ1v) is 19.2. The lowest BCUT2D eigenvalue weighted by Gasteiger charge is -2.11. The van der Waals surface area contributed by atoms with Crippen molar-refractivity contribution in [2.45, 2.75) is 0 Å². The first-order valence-electron chi connectivity index (χ1n) is 19.2. The molecule has 0 bridgehead atoms. The van der Waals surface area contributed by atoms with E-state index in [0.29, 0.717) is 5.56 Å². The molecule has 0 amide bonds. The minimum atomic E-state index is -1.26. The van der Waals surface area contributed by atoms with E-state index in [4.69, 9.17) is 44.1 Å². The smallest absolute Gasteiger partial charge is 0.346 e. The van der Waals surface area contributed by atoms with Crippen LogP contribution in [0.5, 0.6) is 40.2 Å². The lowest BCUT2D eigenvalue weighted by Crippen LogP contribution is -2.24. The first-order chi connectivity index (χ1) is 32.4. The molecule has 0 aliphatic heterocycles. The normalized spacial score (nSPS) is 10.2. The number of ketones is 4. The third-order valence-electron chi connectivity index (χ3n) is 7.88. The topological polar surface area (TPSA) is 341 Å². The highest BCUT2D eigenvalue weighted by Crippen LogP contribution is 2.38. The highest BCUT2D eigenvalue weighted by Gasteiger charge is 2.24. The van der Waals surface area contributed by atoms with Gasteiger partial charge in [-0.3, -0.25) is 19.2 Å². The van der Waals surface area contributed by atoms with Gasteiger partial charge in [-0.2, -0.15) is 0 Å². The lowest BCUT2D eigenvalue weighted by atomic mass is 10.1. The molecule has 0 saturated heterocycles. The molecular weight excluding hydrogens is 908 g/mol. The maximum absolute atomic E-state index is 12.2. The van der Waals surface area contributed by atoms with Gasteiger partial charge in [-0.05, 0) is 71.3 Å². The van der Waals surface area contributed by atoms with Gasteiger partial charge >= 0.3 is 23.9 Å². The molecule has 68 heavy (non-hydrogen) atoms. The molecule has 368 valence electrons. The number of aromatic hydroxyl groups is 2. The van der Waals surface area contributed by atoms with Crippen molar-refractivity contribution in [2.24, 2.45) is 0 Å². The third kappa shape index (κ3) is 21.2. The van der Waals surface area contributed by atoms with E-state index in [1.807, 2.05) is 0 Å². The number of ether oxygens (including phenoxy) is 9. The van der Waals surface area contributed by atoms with Gasteiger partial charge in [-0.15, -0.1) is 0 Å². The summed E-state index contributed by atoms with van der Waals surface area (Å²) in [5.74, 6) is -6.05. The number of rotatable bonds is 24. The number of esters is 4. The zero-order chi connectivity index (χ0) is 51.2. The van der Waals surface area contributed by atoms with Crippen LogP contribution in [0.3, 0.4) is 0 Å². The Morgan fingerprint density at radius 3 is 1.09 bits per heavy atom. The summed E-state index contributed by atoms with van der Waals surface area (Å²) in [7, 11) is 6.88. The fourth-order valence-corrected chi connectivity index (χ4v) is 4.45. The maximum Gasteiger partial charge on any atom is 0.346 e. The summed E-state index contributed by atoms with van der Waals surface area (Å²) in [4.78, 5) is 90.7. The molecule has 0 heterocycles. The van der Waals surface area contributed by atoms with Gasteiger partial charge in [-0.25, -0.2) is 19.2 Å². The Bertz CT molecular complexity index is 2210. The Morgan fingerprint density at radius 1 is 0.441 bits per heavy atom. The van der Waals surface area contributed by atoms with E-state index in [9.17, 15) is 48.6 Å². The standard InChI is InChI=1S/C18H20O11.C14H16O7.C13H14O5/c1-26-14-4-10(5-15(27-2)16(14)23)3-13(17(24)28-8-11(21)6-19)18(25)29-9-12(22)7-20;1-19-11-5-9(6-12(20-2)14(11)18)3-4-13(17)21-8-10(16)7-15;1-17-12-5-2-10(3-6-12)4-7-13(16)18-9-11(15)8-14/h3-5,19-20,23H,6-9H2,1-2H3;3-6,15,18H,7-8H2,1-2H3;2-7,14H,8-9H2,1H3/b;4-3+;7-4+. The predicted octanol–water partition coefficient (Wildman–Crippen LogP) is 0.342. The summed E-state index contributed by atoms with van der Waals surface area (Å²) in [6.45, 7) is -5.53. The van der Waals surface area contributed by atoms with Crippen molar-refractivity contribution in [2.75, 3.05) is 88.4 Å². The van der Waals surface area contributed by atoms with Crippen LogP contribution < -0.4 is 23.7 Å². The number of benzene rings is 3. The van der Waals surface area contributed by atoms with Gasteiger partial charge in [-0.1, -0.05) is 12.1 Å². The summed E-state index contributed by atoms with van der Waals surface area (Å²) in [5.41, 5.74) is 0.798. The highest BCUT2D eigenvalue weighted by molar-refractivity contribution is 6.18. The van der Waals surface area contributed by atoms with E-state index in [1.54, 1.807) is 37.5 Å². The SMILES string of the molecule is COc1cc(/C=C/C(=O)OCC(=O)CO)cc(OC)c1O.COc1cc(C=C(C(=O)OCC(=O)CO)C(=O)OCC(=O)CO)cc(OC)c1O.COc1ccc(/C=C/C(=O)OCC(=O)CO)cc1. The van der Waals surface area contributed by atoms with E-state index in [0.717, 1.165) is 23.5 Å². The van der Waals surface area contributed by atoms with Crippen LogP contribution in [0.15, 0.2) is 66.3 Å². The number of hydrogen-bond donors (Lipinski definition) is 6. The van der Waals surface area contributed by atoms with Crippen molar-refractivity contribution >= 4 is 65.2 Å². The van der Waals surface area contributed by atoms with Crippen molar-refractivity contribution in [1.82, 2.24) is 0 Å². The molecule has 0 unspecified atom stereocenters. The second-order valence-electron chi connectivity index (χ2n) is 12.7. The number of methoxy groups -OCH3 is 5. The second-order valence-corrected chi connectivity index (χ2v) is 12.7. The average molecular weight is 959 g/mol. The Kier molecular flexibility index (Phi) is 27.0. The molecular formula is C45H50O23. The summed E-state index contributed by atoms with van der Waals surface area (Å²) in [5, 5.41) is 54.0. The Labute approximate surface area is 387 Å². The van der Waals surface area contributed by atoms with Crippen molar-refractivity contribution in [3.63, 3.8) is 0 Å². The fraction of sp³-hybridized carbons (Fsp3) is 0.289. The Morgan fingerprint density at radius 2 is 0.765 bits per heavy atom. The number of carbonyl (C=O) groups excluding carboxylic acids is 8. The molecule has 0 radical (unpaired) electrons. The Balaban J connectivity index is 0.000000527. The van der Waals surface area contributed by atoms with Crippen molar-refractivity contribution in [3.8, 4) is 40.2 Å². The molecule has 0 fully saturated rings. The molecule has 0 aliphatic carbocycles. The van der Waals surface area contributed by atoms with Gasteiger partial charge in [0.1, 0.15) is 37.8 Å². The van der Waals surface area contributed by atoms with Crippen LogP contribution in [0.4, 0.5) is 0 Å². The molecule has 6 N–H and O–H groups in total. The number of hydrogen-bond acceptors (Lipinski definition) is 23. The molecule has 23 nitrogen and oxygen atoms in total. The molecule has 3 rings (SSSR count). The summed E-state index contributed by atoms with van der Waals surface area (Å²) < 4.78 is 43.4. The van der Waals surface area contributed by atoms with Gasteiger partial charge in [0.2, 0.25) is 11.5 Å². The first kappa shape index (κ1) is 57.9. The van der Waals surface area contributed by atoms with E-state index in [-0.39, 0.29) is 40.1 Å². The van der Waals surface area contributed by atoms with E-state index < -0.39 is 105 Å². The Hall–Kier alpha value is -8.12. The van der Waals surface area contributed by atoms with E-state index >= 15 is 0 Å². The van der Waals surface area contributed by atoms with Crippen LogP contribution in [-0.4, -0.2) is 166 Å². The van der Waals surface area contributed by atoms with Gasteiger partial charge in [0.25, 0.3) is 0 Å². The molecule has 0 aliphatic rings. The van der Waals surface area contributed by atoms with Gasteiger partial charge in [0.05, 0.1) is 35.5 Å². The molecule has 0 atom stereocenters. The maximum atomic E-state index is 12.2. The number of carbonyl (C=O) groups is 8. The van der Waals surface area contributed by atoms with Crippen molar-refractivity contribution in [3.05, 3.63) is 82.9 Å². The molecule has 0 spiro atoms. The van der Waals surface area contributed by atoms with Crippen LogP contribution >= 0.6 is 0 Å². The molecule has 0 aromatic heterocycles. The van der Waals surface area contributed by atoms with Crippen LogP contribution in [0, 0.1) is 0 Å². The highest BCUT2D eigenvalue weighted by atomic mass is 16.6. The van der Waals surface area contributed by atoms with Crippen LogP contribution in [0.25, 0.3) is 18.2 Å². The zero-order valence-corrected chi connectivity index (χ0v) is 37.3.